The minimum absolute atomic E-state index is 0.0669. The number of hydrogen-bond acceptors (Lipinski definition) is 1. The van der Waals surface area contributed by atoms with Crippen molar-refractivity contribution < 1.29 is 4.42 Å². The highest BCUT2D eigenvalue weighted by atomic mass is 16.3. The zero-order valence-corrected chi connectivity index (χ0v) is 20.4. The Labute approximate surface area is 206 Å². The SMILES string of the molecule is CC(C)(C)c1cc(-c2ccccc2)cc(-c2ccc(-c3cccc4oc5ccccc5c34)cc2)c1. The van der Waals surface area contributed by atoms with Crippen molar-refractivity contribution in [2.75, 3.05) is 0 Å². The van der Waals surface area contributed by atoms with Crippen molar-refractivity contribution >= 4 is 21.9 Å². The van der Waals surface area contributed by atoms with Crippen LogP contribution in [-0.2, 0) is 5.41 Å². The topological polar surface area (TPSA) is 13.1 Å². The lowest BCUT2D eigenvalue weighted by atomic mass is 9.83. The summed E-state index contributed by atoms with van der Waals surface area (Å²) in [5.74, 6) is 0. The first kappa shape index (κ1) is 21.4. The summed E-state index contributed by atoms with van der Waals surface area (Å²) in [6, 6.07) is 41.2. The van der Waals surface area contributed by atoms with E-state index >= 15 is 0 Å². The molecular formula is C34H28O. The van der Waals surface area contributed by atoms with Crippen LogP contribution in [0.25, 0.3) is 55.3 Å². The molecule has 0 aliphatic rings. The third-order valence-electron chi connectivity index (χ3n) is 6.84. The van der Waals surface area contributed by atoms with Crippen LogP contribution < -0.4 is 0 Å². The fourth-order valence-electron chi connectivity index (χ4n) is 4.88. The van der Waals surface area contributed by atoms with Gasteiger partial charge in [-0.05, 0) is 62.6 Å². The van der Waals surface area contributed by atoms with E-state index in [1.807, 2.05) is 12.1 Å². The molecule has 0 radical (unpaired) electrons. The fraction of sp³-hybridized carbons (Fsp3) is 0.118. The van der Waals surface area contributed by atoms with Gasteiger partial charge in [-0.15, -0.1) is 0 Å². The highest BCUT2D eigenvalue weighted by molar-refractivity contribution is 6.12. The first-order chi connectivity index (χ1) is 17.0. The zero-order valence-electron chi connectivity index (χ0n) is 20.4. The molecule has 0 aliphatic carbocycles. The van der Waals surface area contributed by atoms with Crippen molar-refractivity contribution in [3.8, 4) is 33.4 Å². The van der Waals surface area contributed by atoms with Crippen molar-refractivity contribution in [3.05, 3.63) is 121 Å². The molecule has 0 amide bonds. The molecule has 1 aromatic heterocycles. The van der Waals surface area contributed by atoms with Crippen LogP contribution in [0.15, 0.2) is 120 Å². The predicted octanol–water partition coefficient (Wildman–Crippen LogP) is 9.88. The Hall–Kier alpha value is -4.10. The first-order valence-corrected chi connectivity index (χ1v) is 12.2. The van der Waals surface area contributed by atoms with Crippen molar-refractivity contribution in [2.24, 2.45) is 0 Å². The van der Waals surface area contributed by atoms with E-state index in [9.17, 15) is 0 Å². The summed E-state index contributed by atoms with van der Waals surface area (Å²) in [5, 5.41) is 2.34. The average Bonchev–Trinajstić information content (AvgIpc) is 3.27. The smallest absolute Gasteiger partial charge is 0.136 e. The molecule has 6 aromatic rings. The van der Waals surface area contributed by atoms with Crippen molar-refractivity contribution in [2.45, 2.75) is 26.2 Å². The summed E-state index contributed by atoms with van der Waals surface area (Å²) < 4.78 is 6.11. The second-order valence-electron chi connectivity index (χ2n) is 10.3. The normalized spacial score (nSPS) is 11.9. The van der Waals surface area contributed by atoms with E-state index in [1.54, 1.807) is 0 Å². The van der Waals surface area contributed by atoms with Crippen LogP contribution in [0.1, 0.15) is 26.3 Å². The third kappa shape index (κ3) is 3.94. The molecule has 5 aromatic carbocycles. The maximum absolute atomic E-state index is 6.11. The molecule has 1 heterocycles. The molecular weight excluding hydrogens is 424 g/mol. The summed E-state index contributed by atoms with van der Waals surface area (Å²) in [6.07, 6.45) is 0. The molecule has 0 spiro atoms. The standard InChI is InChI=1S/C34H28O/c1-34(2,3)28-21-26(23-10-5-4-6-11-23)20-27(22-28)24-16-18-25(19-17-24)29-13-9-15-32-33(29)30-12-7-8-14-31(30)35-32/h4-22H,1-3H3. The maximum atomic E-state index is 6.11. The molecule has 0 saturated carbocycles. The molecule has 0 atom stereocenters. The van der Waals surface area contributed by atoms with E-state index in [4.69, 9.17) is 4.42 Å². The van der Waals surface area contributed by atoms with Crippen LogP contribution in [0.5, 0.6) is 0 Å². The summed E-state index contributed by atoms with van der Waals surface area (Å²) in [6.45, 7) is 6.83. The highest BCUT2D eigenvalue weighted by Gasteiger charge is 2.17. The van der Waals surface area contributed by atoms with Gasteiger partial charge in [0.1, 0.15) is 11.2 Å². The van der Waals surface area contributed by atoms with Crippen LogP contribution in [0.2, 0.25) is 0 Å². The second-order valence-corrected chi connectivity index (χ2v) is 10.3. The van der Waals surface area contributed by atoms with Crippen LogP contribution in [-0.4, -0.2) is 0 Å². The lowest BCUT2D eigenvalue weighted by Gasteiger charge is -2.22. The van der Waals surface area contributed by atoms with Crippen LogP contribution in [0.4, 0.5) is 0 Å². The van der Waals surface area contributed by atoms with E-state index in [1.165, 1.54) is 44.3 Å². The van der Waals surface area contributed by atoms with Crippen LogP contribution in [0, 0.1) is 0 Å². The van der Waals surface area contributed by atoms with Gasteiger partial charge < -0.3 is 4.42 Å². The van der Waals surface area contributed by atoms with E-state index in [-0.39, 0.29) is 5.41 Å². The Kier molecular flexibility index (Phi) is 5.07. The Morgan fingerprint density at radius 1 is 0.486 bits per heavy atom. The average molecular weight is 453 g/mol. The van der Waals surface area contributed by atoms with Gasteiger partial charge in [-0.25, -0.2) is 0 Å². The van der Waals surface area contributed by atoms with E-state index < -0.39 is 0 Å². The van der Waals surface area contributed by atoms with E-state index in [0.717, 1.165) is 16.6 Å². The Morgan fingerprint density at radius 3 is 1.80 bits per heavy atom. The molecule has 0 bridgehead atoms. The Balaban J connectivity index is 1.46. The van der Waals surface area contributed by atoms with Gasteiger partial charge in [0.2, 0.25) is 0 Å². The summed E-state index contributed by atoms with van der Waals surface area (Å²) in [4.78, 5) is 0. The molecule has 0 saturated heterocycles. The zero-order chi connectivity index (χ0) is 24.0. The molecule has 35 heavy (non-hydrogen) atoms. The largest absolute Gasteiger partial charge is 0.456 e. The van der Waals surface area contributed by atoms with E-state index in [0.29, 0.717) is 0 Å². The minimum Gasteiger partial charge on any atom is -0.456 e. The van der Waals surface area contributed by atoms with Gasteiger partial charge in [-0.3, -0.25) is 0 Å². The number of hydrogen-bond donors (Lipinski definition) is 0. The molecule has 1 nitrogen and oxygen atoms in total. The van der Waals surface area contributed by atoms with Gasteiger partial charge in [0, 0.05) is 10.8 Å². The lowest BCUT2D eigenvalue weighted by molar-refractivity contribution is 0.590. The van der Waals surface area contributed by atoms with Gasteiger partial charge >= 0.3 is 0 Å². The minimum atomic E-state index is 0.0669. The summed E-state index contributed by atoms with van der Waals surface area (Å²) in [5.41, 5.74) is 10.6. The van der Waals surface area contributed by atoms with Crippen molar-refractivity contribution in [1.29, 1.82) is 0 Å². The van der Waals surface area contributed by atoms with Gasteiger partial charge in [0.25, 0.3) is 0 Å². The quantitative estimate of drug-likeness (QED) is 0.260. The maximum Gasteiger partial charge on any atom is 0.136 e. The second kappa shape index (κ2) is 8.29. The molecule has 0 N–H and O–H groups in total. The molecule has 6 rings (SSSR count). The number of furan rings is 1. The van der Waals surface area contributed by atoms with Crippen LogP contribution >= 0.6 is 0 Å². The first-order valence-electron chi connectivity index (χ1n) is 12.2. The Morgan fingerprint density at radius 2 is 1.09 bits per heavy atom. The monoisotopic (exact) mass is 452 g/mol. The number of fused-ring (bicyclic) bond motifs is 3. The summed E-state index contributed by atoms with van der Waals surface area (Å²) in [7, 11) is 0. The molecule has 1 heteroatoms. The third-order valence-corrected chi connectivity index (χ3v) is 6.84. The van der Waals surface area contributed by atoms with Crippen LogP contribution in [0.3, 0.4) is 0 Å². The Bertz CT molecular complexity index is 1650. The highest BCUT2D eigenvalue weighted by Crippen LogP contribution is 2.38. The van der Waals surface area contributed by atoms with Gasteiger partial charge in [0.05, 0.1) is 0 Å². The lowest BCUT2D eigenvalue weighted by Crippen LogP contribution is -2.11. The number of rotatable bonds is 3. The van der Waals surface area contributed by atoms with Crippen molar-refractivity contribution in [1.82, 2.24) is 0 Å². The number of benzene rings is 5. The van der Waals surface area contributed by atoms with Gasteiger partial charge in [-0.1, -0.05) is 118 Å². The molecule has 0 unspecified atom stereocenters. The number of para-hydroxylation sites is 1. The van der Waals surface area contributed by atoms with Crippen molar-refractivity contribution in [3.63, 3.8) is 0 Å². The molecule has 0 fully saturated rings. The molecule has 0 aliphatic heterocycles. The van der Waals surface area contributed by atoms with E-state index in [2.05, 4.69) is 124 Å². The van der Waals surface area contributed by atoms with Gasteiger partial charge in [0.15, 0.2) is 0 Å². The summed E-state index contributed by atoms with van der Waals surface area (Å²) >= 11 is 0. The van der Waals surface area contributed by atoms with Gasteiger partial charge in [-0.2, -0.15) is 0 Å². The molecule has 170 valence electrons. The fourth-order valence-corrected chi connectivity index (χ4v) is 4.88. The predicted molar refractivity (Wildman–Crippen MR) is 149 cm³/mol.